The summed E-state index contributed by atoms with van der Waals surface area (Å²) in [5, 5.41) is 0. The highest BCUT2D eigenvalue weighted by Crippen LogP contribution is 2.25. The summed E-state index contributed by atoms with van der Waals surface area (Å²) in [6.45, 7) is 10.2. The zero-order chi connectivity index (χ0) is 15.4. The van der Waals surface area contributed by atoms with Gasteiger partial charge in [0, 0.05) is 25.7 Å². The predicted octanol–water partition coefficient (Wildman–Crippen LogP) is 2.23. The number of likely N-dealkylation sites (N-methyl/N-ethyl adjacent to an activating group) is 1. The first-order valence-corrected chi connectivity index (χ1v) is 7.85. The lowest BCUT2D eigenvalue weighted by Gasteiger charge is -2.39. The van der Waals surface area contributed by atoms with Gasteiger partial charge in [-0.15, -0.1) is 0 Å². The van der Waals surface area contributed by atoms with Gasteiger partial charge in [0.25, 0.3) is 0 Å². The van der Waals surface area contributed by atoms with Crippen molar-refractivity contribution in [1.82, 2.24) is 9.88 Å². The van der Waals surface area contributed by atoms with E-state index in [1.165, 1.54) is 0 Å². The minimum atomic E-state index is 0.461. The highest BCUT2D eigenvalue weighted by molar-refractivity contribution is 5.54. The van der Waals surface area contributed by atoms with E-state index in [1.807, 2.05) is 12.1 Å². The molecule has 2 N–H and O–H groups in total. The first-order chi connectivity index (χ1) is 10.0. The number of nitrogens with two attached hydrogens (primary N) is 1. The molecule has 1 aliphatic heterocycles. The summed E-state index contributed by atoms with van der Waals surface area (Å²) < 4.78 is 5.73. The number of pyridine rings is 1. The molecule has 5 heteroatoms. The molecule has 1 unspecified atom stereocenters. The van der Waals surface area contributed by atoms with E-state index in [0.29, 0.717) is 30.1 Å². The van der Waals surface area contributed by atoms with Gasteiger partial charge in [-0.1, -0.05) is 20.8 Å². The molecule has 21 heavy (non-hydrogen) atoms. The Hall–Kier alpha value is -1.49. The molecule has 1 saturated heterocycles. The van der Waals surface area contributed by atoms with Gasteiger partial charge in [-0.3, -0.25) is 4.90 Å². The van der Waals surface area contributed by atoms with Crippen molar-refractivity contribution in [1.29, 1.82) is 0 Å². The monoisotopic (exact) mass is 292 g/mol. The standard InChI is InChI=1S/C16H28N4O/c1-5-13-10-20(9-8-19(13)4)15-7-6-14(17)16(18-15)21-11-12(2)3/h6-7,12-13H,5,8-11,17H2,1-4H3. The van der Waals surface area contributed by atoms with Crippen molar-refractivity contribution in [3.8, 4) is 5.88 Å². The molecule has 0 spiro atoms. The molecule has 118 valence electrons. The number of hydrogen-bond donors (Lipinski definition) is 1. The third-order valence-electron chi connectivity index (χ3n) is 4.00. The minimum absolute atomic E-state index is 0.461. The number of rotatable bonds is 5. The number of hydrogen-bond acceptors (Lipinski definition) is 5. The van der Waals surface area contributed by atoms with Gasteiger partial charge in [0.1, 0.15) is 5.82 Å². The van der Waals surface area contributed by atoms with Gasteiger partial charge < -0.3 is 15.4 Å². The molecule has 5 nitrogen and oxygen atoms in total. The zero-order valence-electron chi connectivity index (χ0n) is 13.7. The van der Waals surface area contributed by atoms with E-state index in [4.69, 9.17) is 10.5 Å². The summed E-state index contributed by atoms with van der Waals surface area (Å²) in [7, 11) is 2.19. The smallest absolute Gasteiger partial charge is 0.239 e. The van der Waals surface area contributed by atoms with Gasteiger partial charge in [-0.25, -0.2) is 0 Å². The van der Waals surface area contributed by atoms with E-state index in [0.717, 1.165) is 31.9 Å². The normalized spacial score (nSPS) is 20.0. The summed E-state index contributed by atoms with van der Waals surface area (Å²) in [5.41, 5.74) is 6.58. The first-order valence-electron chi connectivity index (χ1n) is 7.85. The predicted molar refractivity (Wildman–Crippen MR) is 87.9 cm³/mol. The second-order valence-corrected chi connectivity index (χ2v) is 6.26. The maximum absolute atomic E-state index is 5.97. The first kappa shape index (κ1) is 15.9. The maximum Gasteiger partial charge on any atom is 0.239 e. The van der Waals surface area contributed by atoms with E-state index in [2.05, 4.69) is 42.6 Å². The Bertz CT molecular complexity index is 464. The van der Waals surface area contributed by atoms with Crippen molar-refractivity contribution in [2.24, 2.45) is 5.92 Å². The van der Waals surface area contributed by atoms with Gasteiger partial charge in [0.05, 0.1) is 12.3 Å². The van der Waals surface area contributed by atoms with Crippen molar-refractivity contribution < 1.29 is 4.74 Å². The van der Waals surface area contributed by atoms with Crippen LogP contribution in [0.15, 0.2) is 12.1 Å². The van der Waals surface area contributed by atoms with E-state index in [-0.39, 0.29) is 0 Å². The van der Waals surface area contributed by atoms with Gasteiger partial charge in [0.2, 0.25) is 5.88 Å². The average Bonchev–Trinajstić information content (AvgIpc) is 2.47. The largest absolute Gasteiger partial charge is 0.476 e. The Morgan fingerprint density at radius 2 is 2.14 bits per heavy atom. The summed E-state index contributed by atoms with van der Waals surface area (Å²) in [4.78, 5) is 9.37. The Balaban J connectivity index is 2.11. The molecule has 0 aromatic carbocycles. The molecular weight excluding hydrogens is 264 g/mol. The van der Waals surface area contributed by atoms with Crippen molar-refractivity contribution in [2.45, 2.75) is 33.2 Å². The molecule has 2 rings (SSSR count). The number of ether oxygens (including phenoxy) is 1. The van der Waals surface area contributed by atoms with Crippen LogP contribution in [0.5, 0.6) is 5.88 Å². The number of anilines is 2. The van der Waals surface area contributed by atoms with Crippen LogP contribution in [0, 0.1) is 5.92 Å². The number of nitrogens with zero attached hydrogens (tertiary/aromatic N) is 3. The number of nitrogen functional groups attached to an aromatic ring is 1. The highest BCUT2D eigenvalue weighted by Gasteiger charge is 2.24. The number of piperazine rings is 1. The van der Waals surface area contributed by atoms with Crippen LogP contribution in [0.1, 0.15) is 27.2 Å². The topological polar surface area (TPSA) is 54.6 Å². The summed E-state index contributed by atoms with van der Waals surface area (Å²) >= 11 is 0. The van der Waals surface area contributed by atoms with Gasteiger partial charge in [-0.2, -0.15) is 4.98 Å². The van der Waals surface area contributed by atoms with Crippen LogP contribution >= 0.6 is 0 Å². The second kappa shape index (κ2) is 6.98. The van der Waals surface area contributed by atoms with Crippen molar-refractivity contribution >= 4 is 11.5 Å². The van der Waals surface area contributed by atoms with Crippen LogP contribution in [-0.4, -0.2) is 49.2 Å². The Morgan fingerprint density at radius 3 is 2.81 bits per heavy atom. The Labute approximate surface area is 128 Å². The maximum atomic E-state index is 5.97. The summed E-state index contributed by atoms with van der Waals surface area (Å²) in [5.74, 6) is 1.99. The molecule has 0 saturated carbocycles. The molecule has 0 bridgehead atoms. The number of aromatic nitrogens is 1. The Morgan fingerprint density at radius 1 is 1.38 bits per heavy atom. The zero-order valence-corrected chi connectivity index (χ0v) is 13.7. The van der Waals surface area contributed by atoms with E-state index >= 15 is 0 Å². The second-order valence-electron chi connectivity index (χ2n) is 6.26. The molecule has 1 aromatic heterocycles. The van der Waals surface area contributed by atoms with Gasteiger partial charge in [-0.05, 0) is 31.5 Å². The molecule has 1 atom stereocenters. The molecule has 0 amide bonds. The van der Waals surface area contributed by atoms with Crippen LogP contribution in [0.3, 0.4) is 0 Å². The lowest BCUT2D eigenvalue weighted by atomic mass is 10.1. The van der Waals surface area contributed by atoms with Crippen LogP contribution in [0.25, 0.3) is 0 Å². The minimum Gasteiger partial charge on any atom is -0.476 e. The molecule has 1 fully saturated rings. The third kappa shape index (κ3) is 4.00. The Kier molecular flexibility index (Phi) is 5.28. The molecule has 2 heterocycles. The molecule has 1 aromatic rings. The molecular formula is C16H28N4O. The van der Waals surface area contributed by atoms with Crippen LogP contribution < -0.4 is 15.4 Å². The highest BCUT2D eigenvalue weighted by atomic mass is 16.5. The third-order valence-corrected chi connectivity index (χ3v) is 4.00. The summed E-state index contributed by atoms with van der Waals surface area (Å²) in [6, 6.07) is 4.48. The SMILES string of the molecule is CCC1CN(c2ccc(N)c(OCC(C)C)n2)CCN1C. The quantitative estimate of drug-likeness (QED) is 0.902. The van der Waals surface area contributed by atoms with Gasteiger partial charge in [0.15, 0.2) is 0 Å². The van der Waals surface area contributed by atoms with Crippen molar-refractivity contribution in [2.75, 3.05) is 43.9 Å². The fourth-order valence-corrected chi connectivity index (χ4v) is 2.57. The van der Waals surface area contributed by atoms with Gasteiger partial charge >= 0.3 is 0 Å². The van der Waals surface area contributed by atoms with Crippen molar-refractivity contribution in [3.05, 3.63) is 12.1 Å². The molecule has 1 aliphatic rings. The van der Waals surface area contributed by atoms with Crippen LogP contribution in [-0.2, 0) is 0 Å². The lowest BCUT2D eigenvalue weighted by Crippen LogP contribution is -2.51. The van der Waals surface area contributed by atoms with Crippen molar-refractivity contribution in [3.63, 3.8) is 0 Å². The van der Waals surface area contributed by atoms with E-state index in [1.54, 1.807) is 0 Å². The average molecular weight is 292 g/mol. The lowest BCUT2D eigenvalue weighted by molar-refractivity contribution is 0.212. The fraction of sp³-hybridized carbons (Fsp3) is 0.688. The van der Waals surface area contributed by atoms with Crippen LogP contribution in [0.4, 0.5) is 11.5 Å². The summed E-state index contributed by atoms with van der Waals surface area (Å²) in [6.07, 6.45) is 1.15. The molecule has 0 radical (unpaired) electrons. The fourth-order valence-electron chi connectivity index (χ4n) is 2.57. The van der Waals surface area contributed by atoms with E-state index in [9.17, 15) is 0 Å². The van der Waals surface area contributed by atoms with E-state index < -0.39 is 0 Å². The van der Waals surface area contributed by atoms with Crippen LogP contribution in [0.2, 0.25) is 0 Å². The molecule has 0 aliphatic carbocycles.